The predicted octanol–water partition coefficient (Wildman–Crippen LogP) is 2.90. The van der Waals surface area contributed by atoms with Gasteiger partial charge < -0.3 is 15.4 Å². The van der Waals surface area contributed by atoms with Crippen LogP contribution in [0.25, 0.3) is 0 Å². The van der Waals surface area contributed by atoms with E-state index in [1.54, 1.807) is 36.4 Å². The summed E-state index contributed by atoms with van der Waals surface area (Å²) in [5.74, 6) is -1.34. The molecule has 7 nitrogen and oxygen atoms in total. The van der Waals surface area contributed by atoms with Gasteiger partial charge in [0.2, 0.25) is 0 Å². The highest BCUT2D eigenvalue weighted by molar-refractivity contribution is 7.91. The van der Waals surface area contributed by atoms with Gasteiger partial charge in [0.1, 0.15) is 0 Å². The molecule has 0 aliphatic carbocycles. The van der Waals surface area contributed by atoms with Crippen LogP contribution in [0.2, 0.25) is 5.02 Å². The quantitative estimate of drug-likeness (QED) is 0.704. The first kappa shape index (κ1) is 20.9. The number of amides is 2. The first-order valence-electron chi connectivity index (χ1n) is 8.65. The summed E-state index contributed by atoms with van der Waals surface area (Å²) in [6.07, 6.45) is 0. The van der Waals surface area contributed by atoms with Gasteiger partial charge in [0, 0.05) is 10.7 Å². The van der Waals surface area contributed by atoms with Crippen LogP contribution >= 0.6 is 11.6 Å². The number of esters is 1. The minimum atomic E-state index is -3.83. The van der Waals surface area contributed by atoms with E-state index in [4.69, 9.17) is 16.3 Å². The summed E-state index contributed by atoms with van der Waals surface area (Å²) < 4.78 is 30.7. The fourth-order valence-electron chi connectivity index (χ4n) is 3.04. The van der Waals surface area contributed by atoms with E-state index in [0.717, 1.165) is 5.56 Å². The molecule has 152 valence electrons. The van der Waals surface area contributed by atoms with Crippen LogP contribution in [-0.2, 0) is 19.4 Å². The number of sulfone groups is 1. The average Bonchev–Trinajstić information content (AvgIpc) is 2.67. The van der Waals surface area contributed by atoms with Crippen LogP contribution in [0.5, 0.6) is 0 Å². The number of rotatable bonds is 5. The summed E-state index contributed by atoms with van der Waals surface area (Å²) in [6, 6.07) is 11.4. The highest BCUT2D eigenvalue weighted by Crippen LogP contribution is 2.32. The first-order valence-corrected chi connectivity index (χ1v) is 10.7. The lowest BCUT2D eigenvalue weighted by molar-refractivity contribution is -0.136. The molecule has 2 aromatic rings. The van der Waals surface area contributed by atoms with Gasteiger partial charge in [-0.25, -0.2) is 18.0 Å². The van der Waals surface area contributed by atoms with E-state index in [1.807, 2.05) is 6.92 Å². The largest absolute Gasteiger partial charge is 0.466 e. The van der Waals surface area contributed by atoms with Gasteiger partial charge in [-0.15, -0.1) is 0 Å². The number of aryl methyl sites for hydroxylation is 1. The van der Waals surface area contributed by atoms with Crippen LogP contribution in [-0.4, -0.2) is 33.3 Å². The number of benzene rings is 2. The van der Waals surface area contributed by atoms with Crippen molar-refractivity contribution < 1.29 is 22.7 Å². The zero-order valence-corrected chi connectivity index (χ0v) is 17.3. The SMILES string of the molecule is COC(=O)C1=C(CS(=O)(=O)c2ccc(C)cc2)NC(=O)N[C@H]1c1ccccc1Cl. The zero-order valence-electron chi connectivity index (χ0n) is 15.7. The number of hydrogen-bond donors (Lipinski definition) is 2. The van der Waals surface area contributed by atoms with Crippen LogP contribution in [0.3, 0.4) is 0 Å². The van der Waals surface area contributed by atoms with Gasteiger partial charge in [-0.3, -0.25) is 0 Å². The summed E-state index contributed by atoms with van der Waals surface area (Å²) in [4.78, 5) is 24.9. The Balaban J connectivity index is 2.11. The number of urea groups is 1. The molecule has 1 atom stereocenters. The van der Waals surface area contributed by atoms with E-state index in [2.05, 4.69) is 10.6 Å². The van der Waals surface area contributed by atoms with E-state index in [1.165, 1.54) is 19.2 Å². The molecule has 1 aliphatic heterocycles. The molecule has 0 aromatic heterocycles. The third kappa shape index (κ3) is 4.44. The fourth-order valence-corrected chi connectivity index (χ4v) is 4.61. The van der Waals surface area contributed by atoms with E-state index >= 15 is 0 Å². The lowest BCUT2D eigenvalue weighted by Gasteiger charge is -2.29. The van der Waals surface area contributed by atoms with Gasteiger partial charge in [0.05, 0.1) is 29.4 Å². The monoisotopic (exact) mass is 434 g/mol. The molecule has 29 heavy (non-hydrogen) atoms. The normalized spacial score (nSPS) is 16.8. The van der Waals surface area contributed by atoms with E-state index in [0.29, 0.717) is 10.6 Å². The van der Waals surface area contributed by atoms with Crippen molar-refractivity contribution in [2.45, 2.75) is 17.9 Å². The van der Waals surface area contributed by atoms with Crippen molar-refractivity contribution in [2.75, 3.05) is 12.9 Å². The Morgan fingerprint density at radius 1 is 1.14 bits per heavy atom. The molecule has 2 amide bonds. The van der Waals surface area contributed by atoms with Crippen LogP contribution < -0.4 is 10.6 Å². The van der Waals surface area contributed by atoms with Gasteiger partial charge in [0.15, 0.2) is 9.84 Å². The molecule has 0 spiro atoms. The molecule has 9 heteroatoms. The molecule has 0 fully saturated rings. The van der Waals surface area contributed by atoms with Gasteiger partial charge in [0.25, 0.3) is 0 Å². The molecule has 2 aromatic carbocycles. The molecule has 1 aliphatic rings. The molecule has 0 bridgehead atoms. The lowest BCUT2D eigenvalue weighted by Crippen LogP contribution is -2.47. The number of ether oxygens (including phenoxy) is 1. The smallest absolute Gasteiger partial charge is 0.338 e. The molecule has 0 saturated carbocycles. The van der Waals surface area contributed by atoms with Gasteiger partial charge in [-0.05, 0) is 30.7 Å². The highest BCUT2D eigenvalue weighted by atomic mass is 35.5. The predicted molar refractivity (Wildman–Crippen MR) is 108 cm³/mol. The van der Waals surface area contributed by atoms with Gasteiger partial charge in [-0.2, -0.15) is 0 Å². The summed E-state index contributed by atoms with van der Waals surface area (Å²) in [5, 5.41) is 5.38. The highest BCUT2D eigenvalue weighted by Gasteiger charge is 2.36. The number of halogens is 1. The molecule has 1 heterocycles. The number of methoxy groups -OCH3 is 1. The molecular formula is C20H19ClN2O5S. The number of carbonyl (C=O) groups excluding carboxylic acids is 2. The van der Waals surface area contributed by atoms with Crippen LogP contribution in [0.15, 0.2) is 64.7 Å². The van der Waals surface area contributed by atoms with E-state index in [-0.39, 0.29) is 16.2 Å². The summed E-state index contributed by atoms with van der Waals surface area (Å²) in [6.45, 7) is 1.84. The van der Waals surface area contributed by atoms with Gasteiger partial charge >= 0.3 is 12.0 Å². The maximum Gasteiger partial charge on any atom is 0.338 e. The third-order valence-corrected chi connectivity index (χ3v) is 6.49. The second-order valence-corrected chi connectivity index (χ2v) is 8.91. The van der Waals surface area contributed by atoms with Crippen molar-refractivity contribution in [3.05, 3.63) is 76.0 Å². The van der Waals surface area contributed by atoms with Crippen molar-refractivity contribution in [2.24, 2.45) is 0 Å². The third-order valence-electron chi connectivity index (χ3n) is 4.49. The standard InChI is InChI=1S/C20H19ClN2O5S/c1-12-7-9-13(10-8-12)29(26,27)11-16-17(19(24)28-2)18(23-20(25)22-16)14-5-3-4-6-15(14)21/h3-10,18H,11H2,1-2H3,(H2,22,23,25)/t18-/m0/s1. The number of nitrogens with one attached hydrogen (secondary N) is 2. The molecular weight excluding hydrogens is 416 g/mol. The number of hydrogen-bond acceptors (Lipinski definition) is 5. The van der Waals surface area contributed by atoms with Crippen molar-refractivity contribution in [3.63, 3.8) is 0 Å². The second kappa shape index (κ2) is 8.26. The van der Waals surface area contributed by atoms with Crippen molar-refractivity contribution >= 4 is 33.4 Å². The summed E-state index contributed by atoms with van der Waals surface area (Å²) in [7, 11) is -2.65. The van der Waals surface area contributed by atoms with E-state index in [9.17, 15) is 18.0 Å². The van der Waals surface area contributed by atoms with Crippen LogP contribution in [0.1, 0.15) is 17.2 Å². The lowest BCUT2D eigenvalue weighted by atomic mass is 9.95. The Morgan fingerprint density at radius 2 is 1.79 bits per heavy atom. The Morgan fingerprint density at radius 3 is 2.41 bits per heavy atom. The summed E-state index contributed by atoms with van der Waals surface area (Å²) >= 11 is 6.25. The van der Waals surface area contributed by atoms with Crippen molar-refractivity contribution in [3.8, 4) is 0 Å². The topological polar surface area (TPSA) is 102 Å². The average molecular weight is 435 g/mol. The maximum atomic E-state index is 12.9. The molecule has 0 saturated heterocycles. The Labute approximate surface area is 173 Å². The van der Waals surface area contributed by atoms with Crippen molar-refractivity contribution in [1.82, 2.24) is 10.6 Å². The van der Waals surface area contributed by atoms with E-state index < -0.39 is 33.6 Å². The minimum Gasteiger partial charge on any atom is -0.466 e. The molecule has 0 radical (unpaired) electrons. The Bertz CT molecular complexity index is 1090. The minimum absolute atomic E-state index is 0.0177. The Kier molecular flexibility index (Phi) is 5.95. The number of carbonyl (C=O) groups is 2. The Hall–Kier alpha value is -2.84. The second-order valence-electron chi connectivity index (χ2n) is 6.51. The molecule has 0 unspecified atom stereocenters. The van der Waals surface area contributed by atoms with Crippen LogP contribution in [0.4, 0.5) is 4.79 Å². The molecule has 2 N–H and O–H groups in total. The summed E-state index contributed by atoms with van der Waals surface area (Å²) in [5.41, 5.74) is 1.30. The maximum absolute atomic E-state index is 12.9. The van der Waals surface area contributed by atoms with Crippen molar-refractivity contribution in [1.29, 1.82) is 0 Å². The fraction of sp³-hybridized carbons (Fsp3) is 0.200. The van der Waals surface area contributed by atoms with Crippen LogP contribution in [0, 0.1) is 6.92 Å². The zero-order chi connectivity index (χ0) is 21.2. The molecule has 3 rings (SSSR count). The van der Waals surface area contributed by atoms with Gasteiger partial charge in [-0.1, -0.05) is 47.5 Å². The first-order chi connectivity index (χ1) is 13.7.